The average molecular weight is 272 g/mol. The summed E-state index contributed by atoms with van der Waals surface area (Å²) in [6, 6.07) is 6.29. The number of hydrogen-bond acceptors (Lipinski definition) is 3. The van der Waals surface area contributed by atoms with Gasteiger partial charge in [0.15, 0.2) is 0 Å². The monoisotopic (exact) mass is 271 g/mol. The second-order valence-corrected chi connectivity index (χ2v) is 4.38. The smallest absolute Gasteiger partial charge is 0.138 e. The summed E-state index contributed by atoms with van der Waals surface area (Å²) >= 11 is 3.50. The summed E-state index contributed by atoms with van der Waals surface area (Å²) in [4.78, 5) is 5.01. The number of hydrogen-bond donors (Lipinski definition) is 1. The molecule has 0 saturated carbocycles. The van der Waals surface area contributed by atoms with Crippen LogP contribution in [0.3, 0.4) is 0 Å². The van der Waals surface area contributed by atoms with Crippen LogP contribution in [0.4, 0.5) is 0 Å². The Labute approximate surface area is 97.8 Å². The van der Waals surface area contributed by atoms with E-state index in [0.717, 1.165) is 35.2 Å². The molecule has 1 N–H and O–H groups in total. The number of rotatable bonds is 2. The van der Waals surface area contributed by atoms with Gasteiger partial charge in [0.25, 0.3) is 0 Å². The first-order valence-corrected chi connectivity index (χ1v) is 5.82. The number of hydroxylamine groups is 1. The standard InChI is InChI=1S/C11H14BrNO2/c1-14-13-10-6-3-7-15-11-8(10)4-2-5-9(11)12/h2,4-5,10,13H,3,6-7H2,1H3. The van der Waals surface area contributed by atoms with E-state index < -0.39 is 0 Å². The van der Waals surface area contributed by atoms with Crippen LogP contribution in [0.15, 0.2) is 22.7 Å². The molecule has 0 radical (unpaired) electrons. The van der Waals surface area contributed by atoms with Gasteiger partial charge in [-0.25, -0.2) is 0 Å². The largest absolute Gasteiger partial charge is 0.492 e. The third kappa shape index (κ3) is 2.33. The zero-order valence-corrected chi connectivity index (χ0v) is 10.2. The minimum absolute atomic E-state index is 0.213. The number of para-hydroxylation sites is 1. The van der Waals surface area contributed by atoms with Crippen molar-refractivity contribution in [3.05, 3.63) is 28.2 Å². The lowest BCUT2D eigenvalue weighted by molar-refractivity contribution is 0.0579. The first-order chi connectivity index (χ1) is 7.33. The molecule has 3 nitrogen and oxygen atoms in total. The molecule has 0 fully saturated rings. The predicted molar refractivity (Wildman–Crippen MR) is 61.8 cm³/mol. The van der Waals surface area contributed by atoms with Crippen molar-refractivity contribution in [3.8, 4) is 5.75 Å². The van der Waals surface area contributed by atoms with Crippen LogP contribution in [0.2, 0.25) is 0 Å². The highest BCUT2D eigenvalue weighted by Crippen LogP contribution is 2.36. The Hall–Kier alpha value is -0.580. The fourth-order valence-electron chi connectivity index (χ4n) is 1.83. The van der Waals surface area contributed by atoms with Gasteiger partial charge in [-0.05, 0) is 34.8 Å². The second kappa shape index (κ2) is 4.96. The summed E-state index contributed by atoms with van der Waals surface area (Å²) in [7, 11) is 1.64. The van der Waals surface area contributed by atoms with Crippen molar-refractivity contribution in [2.75, 3.05) is 13.7 Å². The highest BCUT2D eigenvalue weighted by Gasteiger charge is 2.20. The van der Waals surface area contributed by atoms with E-state index >= 15 is 0 Å². The molecule has 1 atom stereocenters. The molecule has 0 bridgehead atoms. The van der Waals surface area contributed by atoms with Crippen LogP contribution in [-0.2, 0) is 4.84 Å². The molecular formula is C11H14BrNO2. The van der Waals surface area contributed by atoms with E-state index in [1.165, 1.54) is 0 Å². The molecule has 82 valence electrons. The van der Waals surface area contributed by atoms with Gasteiger partial charge in [0.05, 0.1) is 24.2 Å². The van der Waals surface area contributed by atoms with Crippen LogP contribution in [0.5, 0.6) is 5.75 Å². The van der Waals surface area contributed by atoms with Crippen molar-refractivity contribution in [2.24, 2.45) is 0 Å². The molecule has 0 spiro atoms. The normalized spacial score (nSPS) is 20.3. The van der Waals surface area contributed by atoms with E-state index in [1.807, 2.05) is 12.1 Å². The van der Waals surface area contributed by atoms with Gasteiger partial charge in [-0.1, -0.05) is 12.1 Å². The van der Waals surface area contributed by atoms with Gasteiger partial charge in [0.1, 0.15) is 5.75 Å². The molecule has 1 heterocycles. The molecule has 2 rings (SSSR count). The number of nitrogens with one attached hydrogen (secondary N) is 1. The van der Waals surface area contributed by atoms with Crippen molar-refractivity contribution < 1.29 is 9.57 Å². The van der Waals surface area contributed by atoms with Crippen molar-refractivity contribution >= 4 is 15.9 Å². The van der Waals surface area contributed by atoms with Crippen LogP contribution in [-0.4, -0.2) is 13.7 Å². The minimum Gasteiger partial charge on any atom is -0.492 e. The first-order valence-electron chi connectivity index (χ1n) is 5.02. The fraction of sp³-hybridized carbons (Fsp3) is 0.455. The van der Waals surface area contributed by atoms with Crippen molar-refractivity contribution in [1.29, 1.82) is 0 Å². The molecule has 0 aliphatic carbocycles. The van der Waals surface area contributed by atoms with Gasteiger partial charge in [0.2, 0.25) is 0 Å². The lowest BCUT2D eigenvalue weighted by Crippen LogP contribution is -2.19. The Morgan fingerprint density at radius 1 is 1.53 bits per heavy atom. The maximum atomic E-state index is 5.71. The summed E-state index contributed by atoms with van der Waals surface area (Å²) < 4.78 is 6.72. The van der Waals surface area contributed by atoms with E-state index in [-0.39, 0.29) is 6.04 Å². The zero-order valence-electron chi connectivity index (χ0n) is 8.63. The Balaban J connectivity index is 2.36. The molecule has 0 aromatic heterocycles. The van der Waals surface area contributed by atoms with Gasteiger partial charge in [-0.3, -0.25) is 0 Å². The van der Waals surface area contributed by atoms with Gasteiger partial charge in [-0.2, -0.15) is 5.48 Å². The van der Waals surface area contributed by atoms with E-state index in [2.05, 4.69) is 27.5 Å². The first kappa shape index (κ1) is 10.9. The molecule has 1 unspecified atom stereocenters. The molecule has 0 amide bonds. The number of fused-ring (bicyclic) bond motifs is 1. The fourth-order valence-corrected chi connectivity index (χ4v) is 2.33. The third-order valence-electron chi connectivity index (χ3n) is 2.52. The Kier molecular flexibility index (Phi) is 3.61. The summed E-state index contributed by atoms with van der Waals surface area (Å²) in [6.45, 7) is 0.761. The maximum Gasteiger partial charge on any atom is 0.138 e. The van der Waals surface area contributed by atoms with Gasteiger partial charge in [-0.15, -0.1) is 0 Å². The molecule has 1 aromatic carbocycles. The van der Waals surface area contributed by atoms with E-state index in [1.54, 1.807) is 7.11 Å². The predicted octanol–water partition coefficient (Wildman–Crippen LogP) is 2.81. The molecule has 1 aliphatic rings. The molecule has 15 heavy (non-hydrogen) atoms. The van der Waals surface area contributed by atoms with Crippen LogP contribution in [0.1, 0.15) is 24.4 Å². The topological polar surface area (TPSA) is 30.5 Å². The van der Waals surface area contributed by atoms with Gasteiger partial charge in [0, 0.05) is 5.56 Å². The molecular weight excluding hydrogens is 258 g/mol. The summed E-state index contributed by atoms with van der Waals surface area (Å²) in [5.74, 6) is 0.935. The van der Waals surface area contributed by atoms with Crippen molar-refractivity contribution in [2.45, 2.75) is 18.9 Å². The van der Waals surface area contributed by atoms with Gasteiger partial charge < -0.3 is 9.57 Å². The van der Waals surface area contributed by atoms with E-state index in [4.69, 9.17) is 9.57 Å². The van der Waals surface area contributed by atoms with Crippen LogP contribution in [0, 0.1) is 0 Å². The van der Waals surface area contributed by atoms with Crippen molar-refractivity contribution in [1.82, 2.24) is 5.48 Å². The Bertz CT molecular complexity index is 343. The third-order valence-corrected chi connectivity index (χ3v) is 3.14. The zero-order chi connectivity index (χ0) is 10.7. The molecule has 1 aliphatic heterocycles. The lowest BCUT2D eigenvalue weighted by Gasteiger charge is -2.17. The SMILES string of the molecule is CONC1CCCOc2c(Br)cccc21. The summed E-state index contributed by atoms with van der Waals surface area (Å²) in [5.41, 5.74) is 4.16. The quantitative estimate of drug-likeness (QED) is 0.840. The number of halogens is 1. The highest BCUT2D eigenvalue weighted by atomic mass is 79.9. The molecule has 0 saturated heterocycles. The van der Waals surface area contributed by atoms with E-state index in [0.29, 0.717) is 0 Å². The lowest BCUT2D eigenvalue weighted by atomic mass is 10.0. The second-order valence-electron chi connectivity index (χ2n) is 3.52. The summed E-state index contributed by atoms with van der Waals surface area (Å²) in [6.07, 6.45) is 2.06. The van der Waals surface area contributed by atoms with Crippen LogP contribution in [0.25, 0.3) is 0 Å². The van der Waals surface area contributed by atoms with Crippen molar-refractivity contribution in [3.63, 3.8) is 0 Å². The van der Waals surface area contributed by atoms with Gasteiger partial charge >= 0.3 is 0 Å². The minimum atomic E-state index is 0.213. The average Bonchev–Trinajstić information content (AvgIpc) is 2.43. The molecule has 1 aromatic rings. The highest BCUT2D eigenvalue weighted by molar-refractivity contribution is 9.10. The van der Waals surface area contributed by atoms with E-state index in [9.17, 15) is 0 Å². The number of ether oxygens (including phenoxy) is 1. The van der Waals surface area contributed by atoms with Crippen LogP contribution >= 0.6 is 15.9 Å². The molecule has 4 heteroatoms. The maximum absolute atomic E-state index is 5.71. The number of benzene rings is 1. The Morgan fingerprint density at radius 3 is 3.20 bits per heavy atom. The van der Waals surface area contributed by atoms with Crippen LogP contribution < -0.4 is 10.2 Å². The summed E-state index contributed by atoms with van der Waals surface area (Å²) in [5, 5.41) is 0. The Morgan fingerprint density at radius 2 is 2.40 bits per heavy atom.